The van der Waals surface area contributed by atoms with E-state index in [1.807, 2.05) is 6.92 Å². The number of hydrogen-bond donors (Lipinski definition) is 2. The van der Waals surface area contributed by atoms with Crippen molar-refractivity contribution in [1.82, 2.24) is 10.6 Å². The fraction of sp³-hybridized carbons (Fsp3) is 0.611. The number of hydrogen-bond acceptors (Lipinski definition) is 2. The lowest BCUT2D eigenvalue weighted by atomic mass is 9.96. The van der Waals surface area contributed by atoms with E-state index >= 15 is 0 Å². The van der Waals surface area contributed by atoms with Crippen molar-refractivity contribution >= 4 is 5.91 Å². The molecule has 0 unspecified atom stereocenters. The van der Waals surface area contributed by atoms with E-state index in [9.17, 15) is 9.18 Å². The number of benzene rings is 1. The first-order valence-corrected chi connectivity index (χ1v) is 8.43. The van der Waals surface area contributed by atoms with Gasteiger partial charge in [0.2, 0.25) is 5.91 Å². The third kappa shape index (κ3) is 5.76. The highest BCUT2D eigenvalue weighted by Gasteiger charge is 2.18. The molecule has 1 aliphatic carbocycles. The van der Waals surface area contributed by atoms with E-state index < -0.39 is 0 Å². The van der Waals surface area contributed by atoms with Gasteiger partial charge in [-0.2, -0.15) is 0 Å². The third-order valence-corrected chi connectivity index (χ3v) is 4.36. The van der Waals surface area contributed by atoms with Crippen LogP contribution < -0.4 is 10.6 Å². The molecule has 0 aliphatic heterocycles. The summed E-state index contributed by atoms with van der Waals surface area (Å²) in [5.41, 5.74) is 0.910. The molecule has 1 amide bonds. The maximum Gasteiger partial charge on any atom is 0.237 e. The average molecular weight is 306 g/mol. The fourth-order valence-electron chi connectivity index (χ4n) is 3.00. The van der Waals surface area contributed by atoms with Crippen molar-refractivity contribution in [3.8, 4) is 0 Å². The van der Waals surface area contributed by atoms with Gasteiger partial charge in [-0.25, -0.2) is 4.39 Å². The van der Waals surface area contributed by atoms with Crippen LogP contribution in [-0.2, 0) is 11.3 Å². The van der Waals surface area contributed by atoms with Gasteiger partial charge in [0, 0.05) is 12.6 Å². The predicted molar refractivity (Wildman–Crippen MR) is 87.0 cm³/mol. The molecule has 3 nitrogen and oxygen atoms in total. The maximum absolute atomic E-state index is 12.8. The Labute approximate surface area is 132 Å². The average Bonchev–Trinajstić information content (AvgIpc) is 2.49. The van der Waals surface area contributed by atoms with E-state index in [0.717, 1.165) is 18.4 Å². The predicted octanol–water partition coefficient (Wildman–Crippen LogP) is 3.53. The molecule has 1 aromatic carbocycles. The topological polar surface area (TPSA) is 41.1 Å². The van der Waals surface area contributed by atoms with E-state index in [2.05, 4.69) is 10.6 Å². The van der Waals surface area contributed by atoms with Gasteiger partial charge in [-0.05, 0) is 37.5 Å². The lowest BCUT2D eigenvalue weighted by Crippen LogP contribution is -2.46. The summed E-state index contributed by atoms with van der Waals surface area (Å²) in [5.74, 6) is -0.249. The zero-order chi connectivity index (χ0) is 15.8. The van der Waals surface area contributed by atoms with E-state index in [4.69, 9.17) is 0 Å². The molecule has 0 heterocycles. The molecular formula is C18H27FN2O. The van der Waals surface area contributed by atoms with Crippen molar-refractivity contribution in [3.63, 3.8) is 0 Å². The number of nitrogens with one attached hydrogen (secondary N) is 2. The molecule has 1 fully saturated rings. The summed E-state index contributed by atoms with van der Waals surface area (Å²) in [6, 6.07) is 6.48. The molecule has 1 atom stereocenters. The SMILES string of the molecule is C[C@@H](NC1CCCCCCC1)C(=O)NCc1ccc(F)cc1. The van der Waals surface area contributed by atoms with Gasteiger partial charge >= 0.3 is 0 Å². The minimum absolute atomic E-state index is 0.00591. The van der Waals surface area contributed by atoms with Crippen LogP contribution in [-0.4, -0.2) is 18.0 Å². The molecule has 0 aromatic heterocycles. The highest BCUT2D eigenvalue weighted by Crippen LogP contribution is 2.17. The Hall–Kier alpha value is -1.42. The second-order valence-corrected chi connectivity index (χ2v) is 6.27. The quantitative estimate of drug-likeness (QED) is 0.873. The molecule has 22 heavy (non-hydrogen) atoms. The normalized spacial score (nSPS) is 18.3. The smallest absolute Gasteiger partial charge is 0.237 e. The van der Waals surface area contributed by atoms with Crippen molar-refractivity contribution in [2.45, 2.75) is 70.5 Å². The lowest BCUT2D eigenvalue weighted by Gasteiger charge is -2.24. The van der Waals surface area contributed by atoms with Crippen LogP contribution in [0.25, 0.3) is 0 Å². The van der Waals surface area contributed by atoms with Gasteiger partial charge in [0.25, 0.3) is 0 Å². The largest absolute Gasteiger partial charge is 0.351 e. The van der Waals surface area contributed by atoms with Gasteiger partial charge in [-0.1, -0.05) is 44.2 Å². The first-order chi connectivity index (χ1) is 10.6. The van der Waals surface area contributed by atoms with Crippen LogP contribution in [0.4, 0.5) is 4.39 Å². The lowest BCUT2D eigenvalue weighted by molar-refractivity contribution is -0.123. The first-order valence-electron chi connectivity index (χ1n) is 8.43. The van der Waals surface area contributed by atoms with Crippen molar-refractivity contribution in [2.75, 3.05) is 0 Å². The number of carbonyl (C=O) groups excluding carboxylic acids is 1. The second kappa shape index (κ2) is 8.89. The van der Waals surface area contributed by atoms with Crippen LogP contribution in [0.5, 0.6) is 0 Å². The Balaban J connectivity index is 1.74. The maximum atomic E-state index is 12.8. The number of carbonyl (C=O) groups is 1. The molecule has 0 spiro atoms. The van der Waals surface area contributed by atoms with E-state index in [1.165, 1.54) is 44.2 Å². The Morgan fingerprint density at radius 1 is 1.14 bits per heavy atom. The van der Waals surface area contributed by atoms with Gasteiger partial charge in [-0.3, -0.25) is 4.79 Å². The van der Waals surface area contributed by atoms with Crippen LogP contribution in [0.3, 0.4) is 0 Å². The van der Waals surface area contributed by atoms with E-state index in [-0.39, 0.29) is 17.8 Å². The van der Waals surface area contributed by atoms with Gasteiger partial charge in [0.1, 0.15) is 5.82 Å². The van der Waals surface area contributed by atoms with Crippen molar-refractivity contribution in [2.24, 2.45) is 0 Å². The summed E-state index contributed by atoms with van der Waals surface area (Å²) in [6.07, 6.45) is 8.79. The fourth-order valence-corrected chi connectivity index (χ4v) is 3.00. The Bertz CT molecular complexity index is 453. The summed E-state index contributed by atoms with van der Waals surface area (Å²) in [7, 11) is 0. The van der Waals surface area contributed by atoms with Gasteiger partial charge in [-0.15, -0.1) is 0 Å². The van der Waals surface area contributed by atoms with Gasteiger partial charge < -0.3 is 10.6 Å². The molecule has 1 aliphatic rings. The highest BCUT2D eigenvalue weighted by molar-refractivity contribution is 5.81. The molecule has 1 saturated carbocycles. The van der Waals surface area contributed by atoms with Crippen LogP contribution >= 0.6 is 0 Å². The Kier molecular flexibility index (Phi) is 6.84. The van der Waals surface area contributed by atoms with Crippen molar-refractivity contribution in [1.29, 1.82) is 0 Å². The number of amides is 1. The van der Waals surface area contributed by atoms with Crippen molar-refractivity contribution in [3.05, 3.63) is 35.6 Å². The monoisotopic (exact) mass is 306 g/mol. The standard InChI is InChI=1S/C18H27FN2O/c1-14(21-17-7-5-3-2-4-6-8-17)18(22)20-13-15-9-11-16(19)12-10-15/h9-12,14,17,21H,2-8,13H2,1H3,(H,20,22)/t14-/m1/s1. The molecule has 0 bridgehead atoms. The summed E-state index contributed by atoms with van der Waals surface area (Å²) >= 11 is 0. The first kappa shape index (κ1) is 16.9. The summed E-state index contributed by atoms with van der Waals surface area (Å²) in [6.45, 7) is 2.36. The molecule has 0 radical (unpaired) electrons. The van der Waals surface area contributed by atoms with Crippen LogP contribution in [0.2, 0.25) is 0 Å². The summed E-state index contributed by atoms with van der Waals surface area (Å²) in [4.78, 5) is 12.2. The van der Waals surface area contributed by atoms with Gasteiger partial charge in [0.05, 0.1) is 6.04 Å². The number of halogens is 1. The van der Waals surface area contributed by atoms with E-state index in [0.29, 0.717) is 12.6 Å². The molecule has 4 heteroatoms. The molecule has 122 valence electrons. The minimum Gasteiger partial charge on any atom is -0.351 e. The zero-order valence-corrected chi connectivity index (χ0v) is 13.4. The summed E-state index contributed by atoms with van der Waals surface area (Å²) in [5, 5.41) is 6.37. The molecule has 0 saturated heterocycles. The van der Waals surface area contributed by atoms with E-state index in [1.54, 1.807) is 12.1 Å². The molecule has 2 rings (SSSR count). The molecular weight excluding hydrogens is 279 g/mol. The Morgan fingerprint density at radius 2 is 1.73 bits per heavy atom. The van der Waals surface area contributed by atoms with Crippen LogP contribution in [0.15, 0.2) is 24.3 Å². The second-order valence-electron chi connectivity index (χ2n) is 6.27. The zero-order valence-electron chi connectivity index (χ0n) is 13.4. The molecule has 2 N–H and O–H groups in total. The molecule has 1 aromatic rings. The van der Waals surface area contributed by atoms with Crippen LogP contribution in [0.1, 0.15) is 57.4 Å². The summed E-state index contributed by atoms with van der Waals surface area (Å²) < 4.78 is 12.8. The Morgan fingerprint density at radius 3 is 2.36 bits per heavy atom. The minimum atomic E-state index is -0.255. The highest BCUT2D eigenvalue weighted by atomic mass is 19.1. The van der Waals surface area contributed by atoms with Gasteiger partial charge in [0.15, 0.2) is 0 Å². The third-order valence-electron chi connectivity index (χ3n) is 4.36. The van der Waals surface area contributed by atoms with Crippen LogP contribution in [0, 0.1) is 5.82 Å². The number of rotatable bonds is 5. The van der Waals surface area contributed by atoms with Crippen molar-refractivity contribution < 1.29 is 9.18 Å².